The lowest BCUT2D eigenvalue weighted by atomic mass is 10.2. The molecular weight excluding hydrogens is 449 g/mol. The van der Waals surface area contributed by atoms with Gasteiger partial charge in [0.1, 0.15) is 11.5 Å². The second kappa shape index (κ2) is 11.2. The fraction of sp³-hybridized carbons (Fsp3) is 0.389. The lowest BCUT2D eigenvalue weighted by Gasteiger charge is -2.23. The number of hydrogen-bond donors (Lipinski definition) is 1. The van der Waals surface area contributed by atoms with E-state index in [1.54, 1.807) is 25.6 Å². The molecule has 0 bridgehead atoms. The molecule has 0 saturated carbocycles. The minimum Gasteiger partial charge on any atom is -0.497 e. The molecule has 1 aromatic heterocycles. The first-order chi connectivity index (χ1) is 11.7. The highest BCUT2D eigenvalue weighted by Crippen LogP contribution is 2.25. The number of ether oxygens (including phenoxy) is 2. The number of hydrogen-bond acceptors (Lipinski definition) is 4. The van der Waals surface area contributed by atoms with Gasteiger partial charge in [0.15, 0.2) is 5.96 Å². The number of nitrogens with zero attached hydrogens (tertiary/aromatic N) is 2. The van der Waals surface area contributed by atoms with E-state index in [9.17, 15) is 0 Å². The van der Waals surface area contributed by atoms with E-state index in [1.807, 2.05) is 25.2 Å². The van der Waals surface area contributed by atoms with Crippen LogP contribution in [0.3, 0.4) is 0 Å². The van der Waals surface area contributed by atoms with Crippen LogP contribution in [0.1, 0.15) is 18.1 Å². The Balaban J connectivity index is 0.00000312. The van der Waals surface area contributed by atoms with Gasteiger partial charge in [-0.25, -0.2) is 4.99 Å². The van der Waals surface area contributed by atoms with Gasteiger partial charge in [-0.1, -0.05) is 0 Å². The molecule has 0 aliphatic rings. The van der Waals surface area contributed by atoms with E-state index in [-0.39, 0.29) is 24.0 Å². The zero-order chi connectivity index (χ0) is 17.4. The van der Waals surface area contributed by atoms with Gasteiger partial charge in [-0.2, -0.15) is 11.3 Å². The Bertz CT molecular complexity index is 662. The number of nitrogens with one attached hydrogen (secondary N) is 1. The summed E-state index contributed by atoms with van der Waals surface area (Å²) < 4.78 is 10.7. The molecule has 25 heavy (non-hydrogen) atoms. The van der Waals surface area contributed by atoms with E-state index in [2.05, 4.69) is 34.0 Å². The lowest BCUT2D eigenvalue weighted by Crippen LogP contribution is -2.38. The molecule has 2 aromatic rings. The molecular formula is C18H26IN3O2S. The molecule has 1 aromatic carbocycles. The second-order valence-corrected chi connectivity index (χ2v) is 6.12. The van der Waals surface area contributed by atoms with Gasteiger partial charge in [0, 0.05) is 31.8 Å². The largest absolute Gasteiger partial charge is 0.497 e. The third kappa shape index (κ3) is 6.39. The molecule has 0 aliphatic carbocycles. The fourth-order valence-electron chi connectivity index (χ4n) is 2.33. The van der Waals surface area contributed by atoms with Gasteiger partial charge in [-0.15, -0.1) is 24.0 Å². The number of methoxy groups -OCH3 is 2. The zero-order valence-electron chi connectivity index (χ0n) is 15.1. The van der Waals surface area contributed by atoms with Gasteiger partial charge in [-0.05, 0) is 41.4 Å². The molecule has 0 atom stereocenters. The summed E-state index contributed by atoms with van der Waals surface area (Å²) >= 11 is 1.69. The first-order valence-corrected chi connectivity index (χ1v) is 8.83. The molecule has 0 saturated heterocycles. The topological polar surface area (TPSA) is 46.1 Å². The van der Waals surface area contributed by atoms with Gasteiger partial charge in [0.05, 0.1) is 20.8 Å². The standard InChI is InChI=1S/C18H25N3O2S.HI/c1-5-19-18(20-11-14-8-9-24-13-14)21(2)12-15-6-7-16(22-3)10-17(15)23-4;/h6-10,13H,5,11-12H2,1-4H3,(H,19,20);1H. The summed E-state index contributed by atoms with van der Waals surface area (Å²) in [6, 6.07) is 7.97. The summed E-state index contributed by atoms with van der Waals surface area (Å²) in [7, 11) is 5.36. The Kier molecular flexibility index (Phi) is 9.66. The van der Waals surface area contributed by atoms with Gasteiger partial charge < -0.3 is 19.7 Å². The molecule has 138 valence electrons. The maximum Gasteiger partial charge on any atom is 0.194 e. The van der Waals surface area contributed by atoms with Crippen molar-refractivity contribution in [2.24, 2.45) is 4.99 Å². The van der Waals surface area contributed by atoms with Crippen LogP contribution in [0, 0.1) is 0 Å². The van der Waals surface area contributed by atoms with Gasteiger partial charge in [0.2, 0.25) is 0 Å². The van der Waals surface area contributed by atoms with Crippen LogP contribution >= 0.6 is 35.3 Å². The van der Waals surface area contributed by atoms with Crippen LogP contribution in [-0.4, -0.2) is 38.7 Å². The second-order valence-electron chi connectivity index (χ2n) is 5.34. The average Bonchev–Trinajstić information content (AvgIpc) is 3.12. The smallest absolute Gasteiger partial charge is 0.194 e. The summed E-state index contributed by atoms with van der Waals surface area (Å²) in [6.45, 7) is 4.27. The normalized spacial score (nSPS) is 10.8. The van der Waals surface area contributed by atoms with E-state index in [1.165, 1.54) is 5.56 Å². The molecule has 0 amide bonds. The highest BCUT2D eigenvalue weighted by atomic mass is 127. The van der Waals surface area contributed by atoms with Crippen LogP contribution in [-0.2, 0) is 13.1 Å². The highest BCUT2D eigenvalue weighted by molar-refractivity contribution is 14.0. The third-order valence-electron chi connectivity index (χ3n) is 3.59. The van der Waals surface area contributed by atoms with Crippen LogP contribution in [0.5, 0.6) is 11.5 Å². The Morgan fingerprint density at radius 3 is 2.64 bits per heavy atom. The van der Waals surface area contributed by atoms with Crippen molar-refractivity contribution in [3.63, 3.8) is 0 Å². The average molecular weight is 475 g/mol. The number of guanidine groups is 1. The minimum absolute atomic E-state index is 0. The summed E-state index contributed by atoms with van der Waals surface area (Å²) in [4.78, 5) is 6.81. The van der Waals surface area contributed by atoms with Crippen molar-refractivity contribution in [1.82, 2.24) is 10.2 Å². The molecule has 0 aliphatic heterocycles. The number of benzene rings is 1. The molecule has 0 fully saturated rings. The van der Waals surface area contributed by atoms with Gasteiger partial charge in [-0.3, -0.25) is 0 Å². The zero-order valence-corrected chi connectivity index (χ0v) is 18.3. The fourth-order valence-corrected chi connectivity index (χ4v) is 2.99. The Morgan fingerprint density at radius 1 is 1.24 bits per heavy atom. The Hall–Kier alpha value is -1.48. The minimum atomic E-state index is 0. The molecule has 1 heterocycles. The van der Waals surface area contributed by atoms with Crippen molar-refractivity contribution in [2.75, 3.05) is 27.8 Å². The first kappa shape index (κ1) is 21.6. The van der Waals surface area contributed by atoms with Crippen molar-refractivity contribution < 1.29 is 9.47 Å². The molecule has 0 radical (unpaired) electrons. The van der Waals surface area contributed by atoms with Crippen LogP contribution in [0.15, 0.2) is 40.0 Å². The molecule has 0 spiro atoms. The molecule has 0 unspecified atom stereocenters. The number of rotatable bonds is 7. The van der Waals surface area contributed by atoms with E-state index >= 15 is 0 Å². The predicted octanol–water partition coefficient (Wildman–Crippen LogP) is 3.98. The van der Waals surface area contributed by atoms with Gasteiger partial charge >= 0.3 is 0 Å². The third-order valence-corrected chi connectivity index (χ3v) is 4.32. The Labute approximate surface area is 171 Å². The quantitative estimate of drug-likeness (QED) is 0.374. The van der Waals surface area contributed by atoms with Crippen molar-refractivity contribution >= 4 is 41.3 Å². The van der Waals surface area contributed by atoms with Crippen LogP contribution in [0.25, 0.3) is 0 Å². The van der Waals surface area contributed by atoms with Crippen molar-refractivity contribution in [3.8, 4) is 11.5 Å². The maximum atomic E-state index is 5.48. The highest BCUT2D eigenvalue weighted by Gasteiger charge is 2.11. The molecule has 2 rings (SSSR count). The van der Waals surface area contributed by atoms with Crippen LogP contribution < -0.4 is 14.8 Å². The van der Waals surface area contributed by atoms with Crippen molar-refractivity contribution in [2.45, 2.75) is 20.0 Å². The predicted molar refractivity (Wildman–Crippen MR) is 116 cm³/mol. The summed E-state index contributed by atoms with van der Waals surface area (Å²) in [5.74, 6) is 2.48. The van der Waals surface area contributed by atoms with Crippen LogP contribution in [0.4, 0.5) is 0 Å². The molecule has 1 N–H and O–H groups in total. The van der Waals surface area contributed by atoms with E-state index in [0.717, 1.165) is 29.6 Å². The van der Waals surface area contributed by atoms with Gasteiger partial charge in [0.25, 0.3) is 0 Å². The number of thiophene rings is 1. The number of halogens is 1. The Morgan fingerprint density at radius 2 is 2.04 bits per heavy atom. The summed E-state index contributed by atoms with van der Waals surface area (Å²) in [5, 5.41) is 7.54. The number of aliphatic imine (C=N–C) groups is 1. The van der Waals surface area contributed by atoms with E-state index in [0.29, 0.717) is 13.1 Å². The molecule has 7 heteroatoms. The SMILES string of the molecule is CCNC(=NCc1ccsc1)N(C)Cc1ccc(OC)cc1OC.I. The van der Waals surface area contributed by atoms with Crippen molar-refractivity contribution in [3.05, 3.63) is 46.2 Å². The summed E-state index contributed by atoms with van der Waals surface area (Å²) in [6.07, 6.45) is 0. The molecule has 5 nitrogen and oxygen atoms in total. The summed E-state index contributed by atoms with van der Waals surface area (Å²) in [5.41, 5.74) is 2.31. The van der Waals surface area contributed by atoms with Crippen molar-refractivity contribution in [1.29, 1.82) is 0 Å². The monoisotopic (exact) mass is 475 g/mol. The van der Waals surface area contributed by atoms with Crippen LogP contribution in [0.2, 0.25) is 0 Å². The van der Waals surface area contributed by atoms with E-state index in [4.69, 9.17) is 14.5 Å². The maximum absolute atomic E-state index is 5.48. The first-order valence-electron chi connectivity index (χ1n) is 7.89. The lowest BCUT2D eigenvalue weighted by molar-refractivity contribution is 0.382. The van der Waals surface area contributed by atoms with E-state index < -0.39 is 0 Å².